The zero-order chi connectivity index (χ0) is 12.3. The zero-order valence-electron chi connectivity index (χ0n) is 9.35. The minimum Gasteiger partial charge on any atom is -0.378 e. The van der Waals surface area contributed by atoms with E-state index in [4.69, 9.17) is 5.73 Å². The Morgan fingerprint density at radius 2 is 2.47 bits per heavy atom. The fraction of sp³-hybridized carbons (Fsp3) is 0.500. The van der Waals surface area contributed by atoms with Gasteiger partial charge in [-0.05, 0) is 25.5 Å². The van der Waals surface area contributed by atoms with Crippen molar-refractivity contribution >= 4 is 17.3 Å². The molecule has 0 spiro atoms. The van der Waals surface area contributed by atoms with Crippen LogP contribution in [0.5, 0.6) is 0 Å². The van der Waals surface area contributed by atoms with E-state index in [-0.39, 0.29) is 11.5 Å². The van der Waals surface area contributed by atoms with E-state index in [1.54, 1.807) is 6.07 Å². The molecule has 1 saturated heterocycles. The van der Waals surface area contributed by atoms with E-state index < -0.39 is 4.92 Å². The third-order valence-electron chi connectivity index (χ3n) is 2.79. The Labute approximate surface area is 98.6 Å². The molecule has 2 rings (SSSR count). The van der Waals surface area contributed by atoms with Gasteiger partial charge in [0.15, 0.2) is 0 Å². The summed E-state index contributed by atoms with van der Waals surface area (Å²) in [6.45, 7) is 1.80. The molecule has 0 amide bonds. The summed E-state index contributed by atoms with van der Waals surface area (Å²) in [7, 11) is 0. The number of hydrogen-bond acceptors (Lipinski definition) is 6. The van der Waals surface area contributed by atoms with E-state index in [9.17, 15) is 10.1 Å². The maximum absolute atomic E-state index is 10.6. The average molecular weight is 237 g/mol. The summed E-state index contributed by atoms with van der Waals surface area (Å²) in [5, 5.41) is 17.0. The summed E-state index contributed by atoms with van der Waals surface area (Å²) in [5.41, 5.74) is 5.34. The van der Waals surface area contributed by atoms with Gasteiger partial charge in [0.1, 0.15) is 5.82 Å². The number of nitrogen functional groups attached to an aromatic ring is 1. The first-order valence-corrected chi connectivity index (χ1v) is 5.55. The average Bonchev–Trinajstić information content (AvgIpc) is 2.78. The van der Waals surface area contributed by atoms with Crippen LogP contribution in [0.4, 0.5) is 17.3 Å². The molecule has 92 valence electrons. The number of anilines is 2. The zero-order valence-corrected chi connectivity index (χ0v) is 9.35. The molecule has 7 heteroatoms. The van der Waals surface area contributed by atoms with Crippen LogP contribution in [0.3, 0.4) is 0 Å². The lowest BCUT2D eigenvalue weighted by Gasteiger charge is -2.11. The summed E-state index contributed by atoms with van der Waals surface area (Å²) < 4.78 is 0. The van der Waals surface area contributed by atoms with Gasteiger partial charge in [-0.1, -0.05) is 0 Å². The van der Waals surface area contributed by atoms with E-state index >= 15 is 0 Å². The number of aromatic nitrogens is 1. The van der Waals surface area contributed by atoms with Crippen LogP contribution in [0, 0.1) is 10.1 Å². The van der Waals surface area contributed by atoms with E-state index in [1.165, 1.54) is 12.5 Å². The van der Waals surface area contributed by atoms with E-state index in [1.807, 2.05) is 0 Å². The first-order valence-electron chi connectivity index (χ1n) is 5.55. The van der Waals surface area contributed by atoms with Crippen LogP contribution in [0.25, 0.3) is 0 Å². The Bertz CT molecular complexity index is 417. The molecule has 0 aliphatic carbocycles. The summed E-state index contributed by atoms with van der Waals surface area (Å²) in [4.78, 5) is 14.0. The number of pyridine rings is 1. The SMILES string of the molecule is Nc1nc(NCC2CCCN2)ccc1[N+](=O)[O-]. The fourth-order valence-electron chi connectivity index (χ4n) is 1.88. The highest BCUT2D eigenvalue weighted by molar-refractivity contribution is 5.57. The molecule has 1 unspecified atom stereocenters. The Morgan fingerprint density at radius 1 is 1.65 bits per heavy atom. The molecule has 7 nitrogen and oxygen atoms in total. The lowest BCUT2D eigenvalue weighted by Crippen LogP contribution is -2.29. The van der Waals surface area contributed by atoms with Crippen LogP contribution >= 0.6 is 0 Å². The van der Waals surface area contributed by atoms with Crippen molar-refractivity contribution < 1.29 is 4.92 Å². The van der Waals surface area contributed by atoms with Gasteiger partial charge in [0, 0.05) is 18.7 Å². The second-order valence-corrected chi connectivity index (χ2v) is 4.03. The van der Waals surface area contributed by atoms with Crippen molar-refractivity contribution in [2.45, 2.75) is 18.9 Å². The van der Waals surface area contributed by atoms with Crippen molar-refractivity contribution in [1.82, 2.24) is 10.3 Å². The number of nitrogens with zero attached hydrogens (tertiary/aromatic N) is 2. The maximum Gasteiger partial charge on any atom is 0.311 e. The fourth-order valence-corrected chi connectivity index (χ4v) is 1.88. The minimum absolute atomic E-state index is 0.0561. The molecule has 1 atom stereocenters. The monoisotopic (exact) mass is 237 g/mol. The van der Waals surface area contributed by atoms with Gasteiger partial charge in [-0.15, -0.1) is 0 Å². The molecule has 1 aromatic rings. The van der Waals surface area contributed by atoms with Crippen LogP contribution < -0.4 is 16.4 Å². The summed E-state index contributed by atoms with van der Waals surface area (Å²) in [6, 6.07) is 3.38. The molecular weight excluding hydrogens is 222 g/mol. The van der Waals surface area contributed by atoms with Gasteiger partial charge in [-0.2, -0.15) is 0 Å². The van der Waals surface area contributed by atoms with Gasteiger partial charge in [0.2, 0.25) is 5.82 Å². The Hall–Kier alpha value is -1.89. The van der Waals surface area contributed by atoms with Crippen molar-refractivity contribution in [3.63, 3.8) is 0 Å². The highest BCUT2D eigenvalue weighted by Gasteiger charge is 2.15. The number of nitro groups is 1. The molecule has 0 bridgehead atoms. The molecule has 4 N–H and O–H groups in total. The molecule has 1 aromatic heterocycles. The summed E-state index contributed by atoms with van der Waals surface area (Å²) in [5.74, 6) is 0.515. The van der Waals surface area contributed by atoms with Crippen molar-refractivity contribution in [1.29, 1.82) is 0 Å². The van der Waals surface area contributed by atoms with E-state index in [0.29, 0.717) is 11.9 Å². The van der Waals surface area contributed by atoms with Crippen molar-refractivity contribution in [3.05, 3.63) is 22.2 Å². The van der Waals surface area contributed by atoms with Gasteiger partial charge in [-0.3, -0.25) is 10.1 Å². The van der Waals surface area contributed by atoms with Crippen LogP contribution in [0.1, 0.15) is 12.8 Å². The quantitative estimate of drug-likeness (QED) is 0.526. The van der Waals surface area contributed by atoms with Gasteiger partial charge in [0.25, 0.3) is 0 Å². The van der Waals surface area contributed by atoms with Crippen molar-refractivity contribution in [2.24, 2.45) is 0 Å². The molecule has 1 aliphatic heterocycles. The maximum atomic E-state index is 10.6. The molecule has 2 heterocycles. The second kappa shape index (κ2) is 4.96. The first kappa shape index (κ1) is 11.6. The number of hydrogen-bond donors (Lipinski definition) is 3. The number of nitrogens with two attached hydrogens (primary N) is 1. The summed E-state index contributed by atoms with van der Waals surface area (Å²) >= 11 is 0. The Morgan fingerprint density at radius 3 is 3.06 bits per heavy atom. The standard InChI is InChI=1S/C10H15N5O2/c11-10-8(15(16)17)3-4-9(14-10)13-6-7-2-1-5-12-7/h3-4,7,12H,1-2,5-6H2,(H3,11,13,14). The van der Waals surface area contributed by atoms with Gasteiger partial charge in [-0.25, -0.2) is 4.98 Å². The summed E-state index contributed by atoms with van der Waals surface area (Å²) in [6.07, 6.45) is 2.32. The predicted molar refractivity (Wildman–Crippen MR) is 64.8 cm³/mol. The van der Waals surface area contributed by atoms with Crippen molar-refractivity contribution in [2.75, 3.05) is 24.1 Å². The van der Waals surface area contributed by atoms with Crippen LogP contribution in [0.2, 0.25) is 0 Å². The lowest BCUT2D eigenvalue weighted by atomic mass is 10.2. The molecule has 1 aliphatic rings. The van der Waals surface area contributed by atoms with Gasteiger partial charge >= 0.3 is 5.69 Å². The normalized spacial score (nSPS) is 19.2. The van der Waals surface area contributed by atoms with Gasteiger partial charge < -0.3 is 16.4 Å². The Kier molecular flexibility index (Phi) is 3.38. The molecule has 17 heavy (non-hydrogen) atoms. The second-order valence-electron chi connectivity index (χ2n) is 4.03. The van der Waals surface area contributed by atoms with Crippen molar-refractivity contribution in [3.8, 4) is 0 Å². The molecule has 0 aromatic carbocycles. The van der Waals surface area contributed by atoms with Crippen LogP contribution in [-0.2, 0) is 0 Å². The predicted octanol–water partition coefficient (Wildman–Crippen LogP) is 0.736. The third-order valence-corrected chi connectivity index (χ3v) is 2.79. The lowest BCUT2D eigenvalue weighted by molar-refractivity contribution is -0.384. The minimum atomic E-state index is -0.537. The smallest absolute Gasteiger partial charge is 0.311 e. The molecular formula is C10H15N5O2. The molecule has 0 saturated carbocycles. The number of rotatable bonds is 4. The highest BCUT2D eigenvalue weighted by Crippen LogP contribution is 2.20. The highest BCUT2D eigenvalue weighted by atomic mass is 16.6. The van der Waals surface area contributed by atoms with E-state index in [2.05, 4.69) is 15.6 Å². The van der Waals surface area contributed by atoms with E-state index in [0.717, 1.165) is 19.5 Å². The molecule has 1 fully saturated rings. The van der Waals surface area contributed by atoms with Gasteiger partial charge in [0.05, 0.1) is 4.92 Å². The Balaban J connectivity index is 1.97. The topological polar surface area (TPSA) is 106 Å². The van der Waals surface area contributed by atoms with Crippen LogP contribution in [-0.4, -0.2) is 29.0 Å². The largest absolute Gasteiger partial charge is 0.378 e. The van der Waals surface area contributed by atoms with Crippen LogP contribution in [0.15, 0.2) is 12.1 Å². The third kappa shape index (κ3) is 2.82. The first-order chi connectivity index (χ1) is 8.16. The number of nitrogens with one attached hydrogen (secondary N) is 2. The molecule has 0 radical (unpaired) electrons.